The van der Waals surface area contributed by atoms with Gasteiger partial charge in [0.25, 0.3) is 0 Å². The molecule has 0 unspecified atom stereocenters. The van der Waals surface area contributed by atoms with Crippen LogP contribution in [0.3, 0.4) is 0 Å². The van der Waals surface area contributed by atoms with Gasteiger partial charge in [0, 0.05) is 26.0 Å². The number of hydrogen-bond donors (Lipinski definition) is 1. The molecule has 6 heteroatoms. The summed E-state index contributed by atoms with van der Waals surface area (Å²) in [5, 5.41) is 9.38. The second-order valence-corrected chi connectivity index (χ2v) is 15.7. The average Bonchev–Trinajstić information content (AvgIpc) is 3.12. The Morgan fingerprint density at radius 1 is 0.431 bits per heavy atom. The minimum absolute atomic E-state index is 0.0133. The van der Waals surface area contributed by atoms with Crippen LogP contribution in [0, 0.1) is 11.8 Å². The van der Waals surface area contributed by atoms with Gasteiger partial charge in [-0.3, -0.25) is 9.59 Å². The zero-order valence-electron chi connectivity index (χ0n) is 34.8. The summed E-state index contributed by atoms with van der Waals surface area (Å²) in [4.78, 5) is 27.1. The van der Waals surface area contributed by atoms with Crippen LogP contribution in [-0.4, -0.2) is 61.4 Å². The topological polar surface area (TPSA) is 76.1 Å². The van der Waals surface area contributed by atoms with Crippen LogP contribution in [0.4, 0.5) is 0 Å². The summed E-state index contributed by atoms with van der Waals surface area (Å²) in [6.07, 6.45) is 35.8. The zero-order chi connectivity index (χ0) is 37.5. The SMILES string of the molecule is CCCCCC(CCCCC)CCOC(=O)CCCCCCCN(CCCO)CCCCCCCC(=O)OCCC(CCCCC)CCCCC. The van der Waals surface area contributed by atoms with Crippen LogP contribution in [0.2, 0.25) is 0 Å². The molecule has 0 aliphatic carbocycles. The molecule has 0 aromatic heterocycles. The van der Waals surface area contributed by atoms with E-state index < -0.39 is 0 Å². The summed E-state index contributed by atoms with van der Waals surface area (Å²) in [5.74, 6) is 1.40. The first kappa shape index (κ1) is 49.9. The number of aliphatic hydroxyl groups excluding tert-OH is 1. The zero-order valence-corrected chi connectivity index (χ0v) is 34.8. The van der Waals surface area contributed by atoms with Crippen molar-refractivity contribution in [1.82, 2.24) is 4.90 Å². The second kappa shape index (κ2) is 40.1. The summed E-state index contributed by atoms with van der Waals surface area (Å²) < 4.78 is 11.2. The molecule has 0 atom stereocenters. The van der Waals surface area contributed by atoms with Crippen LogP contribution in [0.15, 0.2) is 0 Å². The molecule has 0 amide bonds. The fourth-order valence-electron chi connectivity index (χ4n) is 7.32. The Hall–Kier alpha value is -1.14. The van der Waals surface area contributed by atoms with Crippen LogP contribution in [0.5, 0.6) is 0 Å². The monoisotopic (exact) mass is 724 g/mol. The van der Waals surface area contributed by atoms with Gasteiger partial charge in [0.2, 0.25) is 0 Å². The van der Waals surface area contributed by atoms with Crippen molar-refractivity contribution >= 4 is 11.9 Å². The molecule has 0 saturated heterocycles. The lowest BCUT2D eigenvalue weighted by Gasteiger charge is -2.22. The van der Waals surface area contributed by atoms with Gasteiger partial charge >= 0.3 is 11.9 Å². The van der Waals surface area contributed by atoms with E-state index in [1.54, 1.807) is 0 Å². The Kier molecular flexibility index (Phi) is 39.2. The molecule has 0 radical (unpaired) electrons. The van der Waals surface area contributed by atoms with Crippen molar-refractivity contribution < 1.29 is 24.2 Å². The maximum absolute atomic E-state index is 12.3. The van der Waals surface area contributed by atoms with E-state index in [9.17, 15) is 14.7 Å². The molecule has 0 spiro atoms. The Labute approximate surface area is 318 Å². The highest BCUT2D eigenvalue weighted by Gasteiger charge is 2.12. The predicted octanol–water partition coefficient (Wildman–Crippen LogP) is 12.8. The van der Waals surface area contributed by atoms with Gasteiger partial charge in [-0.2, -0.15) is 0 Å². The van der Waals surface area contributed by atoms with Crippen molar-refractivity contribution in [2.24, 2.45) is 11.8 Å². The normalized spacial score (nSPS) is 11.7. The first-order chi connectivity index (χ1) is 25.0. The second-order valence-electron chi connectivity index (χ2n) is 15.7. The molecular formula is C45H89NO5. The van der Waals surface area contributed by atoms with Gasteiger partial charge in [-0.15, -0.1) is 0 Å². The van der Waals surface area contributed by atoms with Gasteiger partial charge in [0.1, 0.15) is 0 Å². The molecule has 0 aromatic carbocycles. The van der Waals surface area contributed by atoms with Crippen LogP contribution in [0.25, 0.3) is 0 Å². The quantitative estimate of drug-likeness (QED) is 0.0500. The van der Waals surface area contributed by atoms with E-state index >= 15 is 0 Å². The van der Waals surface area contributed by atoms with E-state index in [1.165, 1.54) is 141 Å². The summed E-state index contributed by atoms with van der Waals surface area (Å²) in [5.41, 5.74) is 0. The summed E-state index contributed by atoms with van der Waals surface area (Å²) in [7, 11) is 0. The van der Waals surface area contributed by atoms with Crippen molar-refractivity contribution in [3.8, 4) is 0 Å². The third-order valence-electron chi connectivity index (χ3n) is 10.8. The summed E-state index contributed by atoms with van der Waals surface area (Å²) in [6.45, 7) is 13.6. The smallest absolute Gasteiger partial charge is 0.305 e. The number of ether oxygens (including phenoxy) is 2. The number of carbonyl (C=O) groups excluding carboxylic acids is 2. The largest absolute Gasteiger partial charge is 0.466 e. The Bertz CT molecular complexity index is 655. The molecule has 0 saturated carbocycles. The lowest BCUT2D eigenvalue weighted by Crippen LogP contribution is -2.27. The lowest BCUT2D eigenvalue weighted by molar-refractivity contribution is -0.145. The number of unbranched alkanes of at least 4 members (excludes halogenated alkanes) is 16. The molecule has 304 valence electrons. The van der Waals surface area contributed by atoms with E-state index in [-0.39, 0.29) is 18.5 Å². The molecule has 0 heterocycles. The number of aliphatic hydroxyl groups is 1. The summed E-state index contributed by atoms with van der Waals surface area (Å²) in [6, 6.07) is 0. The van der Waals surface area contributed by atoms with Crippen molar-refractivity contribution in [3.63, 3.8) is 0 Å². The number of esters is 2. The van der Waals surface area contributed by atoms with E-state index in [0.717, 1.165) is 64.6 Å². The van der Waals surface area contributed by atoms with Crippen molar-refractivity contribution in [2.45, 2.75) is 227 Å². The molecule has 1 N–H and O–H groups in total. The highest BCUT2D eigenvalue weighted by Crippen LogP contribution is 2.22. The Morgan fingerprint density at radius 2 is 0.765 bits per heavy atom. The first-order valence-electron chi connectivity index (χ1n) is 22.6. The van der Waals surface area contributed by atoms with Crippen LogP contribution < -0.4 is 0 Å². The molecule has 0 aliphatic heterocycles. The van der Waals surface area contributed by atoms with E-state index in [0.29, 0.717) is 37.9 Å². The summed E-state index contributed by atoms with van der Waals surface area (Å²) >= 11 is 0. The minimum atomic E-state index is -0.0133. The molecule has 0 aliphatic rings. The van der Waals surface area contributed by atoms with Crippen LogP contribution >= 0.6 is 0 Å². The van der Waals surface area contributed by atoms with Gasteiger partial charge in [-0.1, -0.05) is 169 Å². The number of hydrogen-bond acceptors (Lipinski definition) is 6. The highest BCUT2D eigenvalue weighted by molar-refractivity contribution is 5.69. The number of rotatable bonds is 41. The molecule has 51 heavy (non-hydrogen) atoms. The third kappa shape index (κ3) is 35.6. The molecule has 0 fully saturated rings. The van der Waals surface area contributed by atoms with Gasteiger partial charge < -0.3 is 19.5 Å². The molecule has 0 bridgehead atoms. The third-order valence-corrected chi connectivity index (χ3v) is 10.8. The molecule has 6 nitrogen and oxygen atoms in total. The predicted molar refractivity (Wildman–Crippen MR) is 218 cm³/mol. The van der Waals surface area contributed by atoms with Crippen molar-refractivity contribution in [1.29, 1.82) is 0 Å². The van der Waals surface area contributed by atoms with E-state index in [2.05, 4.69) is 32.6 Å². The highest BCUT2D eigenvalue weighted by atomic mass is 16.5. The van der Waals surface area contributed by atoms with Gasteiger partial charge in [-0.05, 0) is 69.9 Å². The average molecular weight is 724 g/mol. The Morgan fingerprint density at radius 3 is 1.12 bits per heavy atom. The standard InChI is InChI=1S/C45H89NO5/c1-5-9-19-28-42(29-20-10-6-2)34-40-50-44(48)32-23-15-13-17-25-36-46(38-27-39-47)37-26-18-14-16-24-33-45(49)51-41-35-43(30-21-11-7-3)31-22-12-8-4/h42-43,47H,5-41H2,1-4H3. The molecular weight excluding hydrogens is 634 g/mol. The maximum Gasteiger partial charge on any atom is 0.305 e. The van der Waals surface area contributed by atoms with Gasteiger partial charge in [-0.25, -0.2) is 0 Å². The molecule has 0 rings (SSSR count). The lowest BCUT2D eigenvalue weighted by atomic mass is 9.92. The van der Waals surface area contributed by atoms with Crippen LogP contribution in [-0.2, 0) is 19.1 Å². The maximum atomic E-state index is 12.3. The minimum Gasteiger partial charge on any atom is -0.466 e. The van der Waals surface area contributed by atoms with Gasteiger partial charge in [0.05, 0.1) is 13.2 Å². The van der Waals surface area contributed by atoms with Gasteiger partial charge in [0.15, 0.2) is 0 Å². The number of nitrogens with zero attached hydrogens (tertiary/aromatic N) is 1. The molecule has 0 aromatic rings. The van der Waals surface area contributed by atoms with E-state index in [4.69, 9.17) is 9.47 Å². The fraction of sp³-hybridized carbons (Fsp3) is 0.956. The van der Waals surface area contributed by atoms with E-state index in [1.807, 2.05) is 0 Å². The fourth-order valence-corrected chi connectivity index (χ4v) is 7.32. The Balaban J connectivity index is 3.97. The van der Waals surface area contributed by atoms with Crippen molar-refractivity contribution in [2.75, 3.05) is 39.5 Å². The number of carbonyl (C=O) groups is 2. The van der Waals surface area contributed by atoms with Crippen LogP contribution in [0.1, 0.15) is 227 Å². The van der Waals surface area contributed by atoms with Crippen molar-refractivity contribution in [3.05, 3.63) is 0 Å². The first-order valence-corrected chi connectivity index (χ1v) is 22.6.